The van der Waals surface area contributed by atoms with E-state index < -0.39 is 12.8 Å². The average molecular weight is 414 g/mol. The van der Waals surface area contributed by atoms with Gasteiger partial charge in [0, 0.05) is 23.0 Å². The van der Waals surface area contributed by atoms with Crippen molar-refractivity contribution in [2.45, 2.75) is 51.1 Å². The summed E-state index contributed by atoms with van der Waals surface area (Å²) in [7, 11) is 1.52. The van der Waals surface area contributed by atoms with Crippen molar-refractivity contribution in [2.75, 3.05) is 20.3 Å². The van der Waals surface area contributed by atoms with Gasteiger partial charge in [0.25, 0.3) is 0 Å². The highest BCUT2D eigenvalue weighted by Gasteiger charge is 2.28. The van der Waals surface area contributed by atoms with Crippen molar-refractivity contribution in [3.8, 4) is 5.75 Å². The molecule has 0 saturated carbocycles. The van der Waals surface area contributed by atoms with E-state index in [1.165, 1.54) is 31.2 Å². The molecule has 1 aromatic carbocycles. The van der Waals surface area contributed by atoms with Gasteiger partial charge in [0.15, 0.2) is 0 Å². The third-order valence-electron chi connectivity index (χ3n) is 4.99. The highest BCUT2D eigenvalue weighted by molar-refractivity contribution is 7.10. The Bertz CT molecular complexity index is 734. The van der Waals surface area contributed by atoms with Gasteiger partial charge in [0.2, 0.25) is 0 Å². The third-order valence-corrected chi connectivity index (χ3v) is 5.96. The van der Waals surface area contributed by atoms with Crippen LogP contribution in [0.15, 0.2) is 35.7 Å². The van der Waals surface area contributed by atoms with E-state index >= 15 is 0 Å². The van der Waals surface area contributed by atoms with Crippen LogP contribution in [0.2, 0.25) is 0 Å². The number of rotatable bonds is 7. The van der Waals surface area contributed by atoms with E-state index in [2.05, 4.69) is 22.4 Å². The standard InChI is InChI=1S/C21H26F3NO2S/c1-26-19-9-8-16(12-17(19)14-27-15-21(22,23)24)13-25-10-4-2-3-6-18(25)20-7-5-11-28-20/h5,7-9,11-12,18H,2-4,6,10,13-15H2,1H3/t18-/m0/s1. The molecule has 0 N–H and O–H groups in total. The van der Waals surface area contributed by atoms with E-state index in [-0.39, 0.29) is 6.61 Å². The second kappa shape index (κ2) is 9.76. The summed E-state index contributed by atoms with van der Waals surface area (Å²) in [4.78, 5) is 3.87. The van der Waals surface area contributed by atoms with Crippen molar-refractivity contribution < 1.29 is 22.6 Å². The van der Waals surface area contributed by atoms with Crippen molar-refractivity contribution in [3.63, 3.8) is 0 Å². The lowest BCUT2D eigenvalue weighted by Crippen LogP contribution is -2.27. The number of benzene rings is 1. The van der Waals surface area contributed by atoms with Gasteiger partial charge in [-0.3, -0.25) is 4.90 Å². The normalized spacial score (nSPS) is 18.8. The fourth-order valence-electron chi connectivity index (χ4n) is 3.71. The number of nitrogens with zero attached hydrogens (tertiary/aromatic N) is 1. The van der Waals surface area contributed by atoms with Crippen LogP contribution in [-0.2, 0) is 17.9 Å². The van der Waals surface area contributed by atoms with Crippen LogP contribution in [0.3, 0.4) is 0 Å². The zero-order valence-corrected chi connectivity index (χ0v) is 16.8. The molecule has 1 saturated heterocycles. The summed E-state index contributed by atoms with van der Waals surface area (Å²) < 4.78 is 47.3. The molecule has 0 radical (unpaired) electrons. The lowest BCUT2D eigenvalue weighted by molar-refractivity contribution is -0.176. The third kappa shape index (κ3) is 5.96. The van der Waals surface area contributed by atoms with Crippen molar-refractivity contribution in [3.05, 3.63) is 51.7 Å². The van der Waals surface area contributed by atoms with Crippen molar-refractivity contribution >= 4 is 11.3 Å². The molecular weight excluding hydrogens is 387 g/mol. The molecule has 1 aliphatic heterocycles. The fourth-order valence-corrected chi connectivity index (χ4v) is 4.61. The highest BCUT2D eigenvalue weighted by Crippen LogP contribution is 2.34. The summed E-state index contributed by atoms with van der Waals surface area (Å²) in [5, 5.41) is 2.11. The molecule has 2 heterocycles. The number of ether oxygens (including phenoxy) is 2. The molecule has 7 heteroatoms. The summed E-state index contributed by atoms with van der Waals surface area (Å²) in [6, 6.07) is 10.4. The Morgan fingerprint density at radius 2 is 2.04 bits per heavy atom. The summed E-state index contributed by atoms with van der Waals surface area (Å²) >= 11 is 1.79. The van der Waals surface area contributed by atoms with Crippen LogP contribution >= 0.6 is 11.3 Å². The predicted octanol–water partition coefficient (Wildman–Crippen LogP) is 5.95. The number of hydrogen-bond donors (Lipinski definition) is 0. The zero-order chi connectivity index (χ0) is 20.0. The first-order valence-corrected chi connectivity index (χ1v) is 10.4. The Morgan fingerprint density at radius 1 is 1.18 bits per heavy atom. The Hall–Kier alpha value is -1.57. The molecule has 3 nitrogen and oxygen atoms in total. The van der Waals surface area contributed by atoms with Gasteiger partial charge < -0.3 is 9.47 Å². The molecule has 154 valence electrons. The Balaban J connectivity index is 1.73. The van der Waals surface area contributed by atoms with E-state index in [4.69, 9.17) is 9.47 Å². The van der Waals surface area contributed by atoms with Gasteiger partial charge in [-0.25, -0.2) is 0 Å². The molecule has 2 aromatic rings. The predicted molar refractivity (Wildman–Crippen MR) is 105 cm³/mol. The van der Waals surface area contributed by atoms with Crippen LogP contribution in [0.25, 0.3) is 0 Å². The van der Waals surface area contributed by atoms with Crippen LogP contribution in [0.1, 0.15) is 47.7 Å². The maximum absolute atomic E-state index is 12.4. The monoisotopic (exact) mass is 413 g/mol. The summed E-state index contributed by atoms with van der Waals surface area (Å²) in [5.74, 6) is 0.552. The lowest BCUT2D eigenvalue weighted by atomic mass is 10.1. The molecule has 28 heavy (non-hydrogen) atoms. The number of halogens is 3. The molecule has 0 bridgehead atoms. The summed E-state index contributed by atoms with van der Waals surface area (Å²) in [6.07, 6.45) is 0.429. The van der Waals surface area contributed by atoms with Crippen LogP contribution in [0.4, 0.5) is 13.2 Å². The van der Waals surface area contributed by atoms with Crippen molar-refractivity contribution in [2.24, 2.45) is 0 Å². The quantitative estimate of drug-likeness (QED) is 0.560. The van der Waals surface area contributed by atoms with Crippen molar-refractivity contribution in [1.29, 1.82) is 0 Å². The largest absolute Gasteiger partial charge is 0.496 e. The van der Waals surface area contributed by atoms with Gasteiger partial charge in [-0.05, 0) is 48.5 Å². The average Bonchev–Trinajstić information content (AvgIpc) is 3.08. The zero-order valence-electron chi connectivity index (χ0n) is 16.0. The van der Waals surface area contributed by atoms with Crippen LogP contribution < -0.4 is 4.74 Å². The smallest absolute Gasteiger partial charge is 0.411 e. The highest BCUT2D eigenvalue weighted by atomic mass is 32.1. The molecule has 1 aliphatic rings. The Kier molecular flexibility index (Phi) is 7.37. The summed E-state index contributed by atoms with van der Waals surface area (Å²) in [5.41, 5.74) is 1.71. The van der Waals surface area contributed by atoms with E-state index in [0.717, 1.165) is 25.1 Å². The molecule has 1 fully saturated rings. The molecule has 3 rings (SSSR count). The number of thiophene rings is 1. The topological polar surface area (TPSA) is 21.7 Å². The van der Waals surface area contributed by atoms with Gasteiger partial charge in [-0.15, -0.1) is 11.3 Å². The van der Waals surface area contributed by atoms with Gasteiger partial charge in [0.1, 0.15) is 12.4 Å². The lowest BCUT2D eigenvalue weighted by Gasteiger charge is -2.29. The Morgan fingerprint density at radius 3 is 2.75 bits per heavy atom. The molecule has 0 aliphatic carbocycles. The van der Waals surface area contributed by atoms with Gasteiger partial charge in [-0.1, -0.05) is 25.0 Å². The van der Waals surface area contributed by atoms with Crippen LogP contribution in [-0.4, -0.2) is 31.3 Å². The first-order valence-electron chi connectivity index (χ1n) is 9.54. The first-order chi connectivity index (χ1) is 13.5. The number of alkyl halides is 3. The summed E-state index contributed by atoms with van der Waals surface area (Å²) in [6.45, 7) is 0.408. The van der Waals surface area contributed by atoms with Gasteiger partial charge >= 0.3 is 6.18 Å². The second-order valence-corrected chi connectivity index (χ2v) is 8.08. The Labute approximate surface area is 168 Å². The van der Waals surface area contributed by atoms with E-state index in [0.29, 0.717) is 17.4 Å². The first kappa shape index (κ1) is 21.1. The van der Waals surface area contributed by atoms with Crippen molar-refractivity contribution in [1.82, 2.24) is 4.90 Å². The molecule has 0 unspecified atom stereocenters. The molecule has 1 atom stereocenters. The second-order valence-electron chi connectivity index (χ2n) is 7.11. The van der Waals surface area contributed by atoms with E-state index in [1.807, 2.05) is 18.2 Å². The number of methoxy groups -OCH3 is 1. The van der Waals surface area contributed by atoms with Gasteiger partial charge in [0.05, 0.1) is 13.7 Å². The van der Waals surface area contributed by atoms with E-state index in [9.17, 15) is 13.2 Å². The van der Waals surface area contributed by atoms with E-state index in [1.54, 1.807) is 11.3 Å². The number of likely N-dealkylation sites (tertiary alicyclic amines) is 1. The number of hydrogen-bond acceptors (Lipinski definition) is 4. The SMILES string of the molecule is COc1ccc(CN2CCCCC[C@H]2c2cccs2)cc1COCC(F)(F)F. The molecule has 0 spiro atoms. The van der Waals surface area contributed by atoms with Crippen LogP contribution in [0, 0.1) is 0 Å². The van der Waals surface area contributed by atoms with Gasteiger partial charge in [-0.2, -0.15) is 13.2 Å². The molecule has 1 aromatic heterocycles. The minimum Gasteiger partial charge on any atom is -0.496 e. The maximum Gasteiger partial charge on any atom is 0.411 e. The minimum absolute atomic E-state index is 0.120. The fraction of sp³-hybridized carbons (Fsp3) is 0.524. The van der Waals surface area contributed by atoms with Crippen LogP contribution in [0.5, 0.6) is 5.75 Å². The minimum atomic E-state index is -4.33. The molecular formula is C21H26F3NO2S. The maximum atomic E-state index is 12.4. The molecule has 0 amide bonds.